The molecule has 7 heteroatoms. The number of piperidine rings is 1. The van der Waals surface area contributed by atoms with Crippen molar-refractivity contribution in [2.75, 3.05) is 57.7 Å². The standard InChI is InChI=1S/C32H46N6O/c1-4-17-37(5-2)20-10-16-35-32(39)27-13-11-26(12-14-27)29-22-30(28-24-33-23-25(3)31(28)36-29)34-15-9-21-38-18-7-6-8-19-38/h11-14,22-24H,4-10,15-21H2,1-3H3,(H,34,36)(H,35,39). The van der Waals surface area contributed by atoms with Gasteiger partial charge in [-0.1, -0.05) is 32.4 Å². The molecule has 0 spiro atoms. The van der Waals surface area contributed by atoms with E-state index in [2.05, 4.69) is 52.3 Å². The zero-order chi connectivity index (χ0) is 27.5. The zero-order valence-corrected chi connectivity index (χ0v) is 24.1. The van der Waals surface area contributed by atoms with Crippen molar-refractivity contribution < 1.29 is 4.79 Å². The molecule has 3 aromatic rings. The summed E-state index contributed by atoms with van der Waals surface area (Å²) in [6.45, 7) is 14.8. The highest BCUT2D eigenvalue weighted by Gasteiger charge is 2.13. The molecule has 7 nitrogen and oxygen atoms in total. The maximum atomic E-state index is 12.7. The van der Waals surface area contributed by atoms with Crippen LogP contribution >= 0.6 is 0 Å². The maximum Gasteiger partial charge on any atom is 0.251 e. The van der Waals surface area contributed by atoms with Gasteiger partial charge in [0.25, 0.3) is 5.91 Å². The summed E-state index contributed by atoms with van der Waals surface area (Å²) in [4.78, 5) is 27.1. The first-order valence-electron chi connectivity index (χ1n) is 14.9. The Morgan fingerprint density at radius 2 is 1.79 bits per heavy atom. The van der Waals surface area contributed by atoms with Gasteiger partial charge in [0.05, 0.1) is 11.2 Å². The molecule has 1 aromatic carbocycles. The summed E-state index contributed by atoms with van der Waals surface area (Å²) in [5.41, 5.74) is 5.67. The molecule has 2 N–H and O–H groups in total. The summed E-state index contributed by atoms with van der Waals surface area (Å²) < 4.78 is 0. The fourth-order valence-electron chi connectivity index (χ4n) is 5.42. The number of carbonyl (C=O) groups is 1. The number of rotatable bonds is 14. The van der Waals surface area contributed by atoms with E-state index in [0.717, 1.165) is 85.4 Å². The van der Waals surface area contributed by atoms with Crippen LogP contribution in [0.1, 0.15) is 68.3 Å². The summed E-state index contributed by atoms with van der Waals surface area (Å²) in [7, 11) is 0. The van der Waals surface area contributed by atoms with Crippen LogP contribution in [0.4, 0.5) is 5.69 Å². The second-order valence-corrected chi connectivity index (χ2v) is 10.7. The Kier molecular flexibility index (Phi) is 11.1. The number of anilines is 1. The predicted octanol–water partition coefficient (Wildman–Crippen LogP) is 5.74. The first-order chi connectivity index (χ1) is 19.1. The van der Waals surface area contributed by atoms with Crippen LogP contribution in [0.2, 0.25) is 0 Å². The smallest absolute Gasteiger partial charge is 0.251 e. The van der Waals surface area contributed by atoms with Gasteiger partial charge in [-0.25, -0.2) is 4.98 Å². The van der Waals surface area contributed by atoms with E-state index in [9.17, 15) is 4.79 Å². The lowest BCUT2D eigenvalue weighted by Gasteiger charge is -2.26. The molecule has 2 aromatic heterocycles. The van der Waals surface area contributed by atoms with Crippen molar-refractivity contribution in [3.05, 3.63) is 53.9 Å². The molecule has 39 heavy (non-hydrogen) atoms. The third-order valence-corrected chi connectivity index (χ3v) is 7.69. The van der Waals surface area contributed by atoms with Crippen LogP contribution in [0.15, 0.2) is 42.7 Å². The minimum Gasteiger partial charge on any atom is -0.384 e. The Bertz CT molecular complexity index is 1190. The zero-order valence-electron chi connectivity index (χ0n) is 24.1. The van der Waals surface area contributed by atoms with E-state index in [4.69, 9.17) is 4.98 Å². The first kappa shape index (κ1) is 29.0. The van der Waals surface area contributed by atoms with Crippen molar-refractivity contribution in [1.29, 1.82) is 0 Å². The number of amides is 1. The first-order valence-corrected chi connectivity index (χ1v) is 14.9. The number of pyridine rings is 2. The minimum atomic E-state index is -0.0236. The lowest BCUT2D eigenvalue weighted by atomic mass is 10.0. The normalized spacial score (nSPS) is 14.2. The summed E-state index contributed by atoms with van der Waals surface area (Å²) in [6, 6.07) is 9.92. The van der Waals surface area contributed by atoms with Crippen molar-refractivity contribution in [3.63, 3.8) is 0 Å². The molecule has 1 aliphatic heterocycles. The number of fused-ring (bicyclic) bond motifs is 1. The topological polar surface area (TPSA) is 73.4 Å². The Hall–Kier alpha value is -3.03. The van der Waals surface area contributed by atoms with Gasteiger partial charge in [0.2, 0.25) is 0 Å². The SMILES string of the molecule is CCCN(CC)CCCNC(=O)c1ccc(-c2cc(NCCCN3CCCCC3)c3cncc(C)c3n2)cc1. The average Bonchev–Trinajstić information content (AvgIpc) is 2.97. The number of hydrogen-bond donors (Lipinski definition) is 2. The van der Waals surface area contributed by atoms with Gasteiger partial charge in [0, 0.05) is 47.7 Å². The minimum absolute atomic E-state index is 0.0236. The van der Waals surface area contributed by atoms with Crippen molar-refractivity contribution >= 4 is 22.5 Å². The average molecular weight is 531 g/mol. The summed E-state index contributed by atoms with van der Waals surface area (Å²) in [5.74, 6) is -0.0236. The molecule has 0 unspecified atom stereocenters. The number of benzene rings is 1. The molecule has 1 amide bonds. The van der Waals surface area contributed by atoms with E-state index in [1.54, 1.807) is 0 Å². The molecule has 1 saturated heterocycles. The second kappa shape index (κ2) is 14.9. The molecule has 210 valence electrons. The largest absolute Gasteiger partial charge is 0.384 e. The third kappa shape index (κ3) is 8.23. The fourth-order valence-corrected chi connectivity index (χ4v) is 5.42. The molecule has 0 atom stereocenters. The van der Waals surface area contributed by atoms with E-state index in [1.165, 1.54) is 32.4 Å². The van der Waals surface area contributed by atoms with Crippen molar-refractivity contribution in [2.24, 2.45) is 0 Å². The van der Waals surface area contributed by atoms with Gasteiger partial charge >= 0.3 is 0 Å². The van der Waals surface area contributed by atoms with Crippen molar-refractivity contribution in [3.8, 4) is 11.3 Å². The highest BCUT2D eigenvalue weighted by molar-refractivity contribution is 5.96. The van der Waals surface area contributed by atoms with Crippen LogP contribution in [-0.2, 0) is 0 Å². The molecule has 0 radical (unpaired) electrons. The van der Waals surface area contributed by atoms with Gasteiger partial charge in [0.15, 0.2) is 0 Å². The predicted molar refractivity (Wildman–Crippen MR) is 162 cm³/mol. The Morgan fingerprint density at radius 3 is 2.54 bits per heavy atom. The van der Waals surface area contributed by atoms with Crippen molar-refractivity contribution in [1.82, 2.24) is 25.1 Å². The highest BCUT2D eigenvalue weighted by Crippen LogP contribution is 2.29. The lowest BCUT2D eigenvalue weighted by molar-refractivity contribution is 0.0951. The van der Waals surface area contributed by atoms with Gasteiger partial charge in [-0.15, -0.1) is 0 Å². The van der Waals surface area contributed by atoms with Crippen LogP contribution in [0, 0.1) is 6.92 Å². The summed E-state index contributed by atoms with van der Waals surface area (Å²) >= 11 is 0. The number of likely N-dealkylation sites (tertiary alicyclic amines) is 1. The van der Waals surface area contributed by atoms with Crippen LogP contribution in [-0.4, -0.2) is 78.0 Å². The maximum absolute atomic E-state index is 12.7. The van der Waals surface area contributed by atoms with Gasteiger partial charge < -0.3 is 20.4 Å². The number of carbonyl (C=O) groups excluding carboxylic acids is 1. The Morgan fingerprint density at radius 1 is 1.00 bits per heavy atom. The molecular weight excluding hydrogens is 484 g/mol. The van der Waals surface area contributed by atoms with E-state index in [1.807, 2.05) is 36.7 Å². The van der Waals surface area contributed by atoms with Gasteiger partial charge in [-0.05, 0) is 102 Å². The molecule has 0 saturated carbocycles. The van der Waals surface area contributed by atoms with Crippen LogP contribution in [0.25, 0.3) is 22.2 Å². The number of nitrogens with one attached hydrogen (secondary N) is 2. The summed E-state index contributed by atoms with van der Waals surface area (Å²) in [6.07, 6.45) is 11.0. The molecule has 4 rings (SSSR count). The van der Waals surface area contributed by atoms with Gasteiger partial charge in [-0.2, -0.15) is 0 Å². The van der Waals surface area contributed by atoms with E-state index >= 15 is 0 Å². The molecule has 0 aliphatic carbocycles. The van der Waals surface area contributed by atoms with Crippen molar-refractivity contribution in [2.45, 2.75) is 59.3 Å². The number of hydrogen-bond acceptors (Lipinski definition) is 6. The molecule has 1 fully saturated rings. The lowest BCUT2D eigenvalue weighted by Crippen LogP contribution is -2.31. The number of aromatic nitrogens is 2. The summed E-state index contributed by atoms with van der Waals surface area (Å²) in [5, 5.41) is 7.79. The molecular formula is C32H46N6O. The van der Waals surface area contributed by atoms with E-state index in [0.29, 0.717) is 12.1 Å². The highest BCUT2D eigenvalue weighted by atomic mass is 16.1. The fraction of sp³-hybridized carbons (Fsp3) is 0.531. The Labute approximate surface area is 234 Å². The Balaban J connectivity index is 1.39. The van der Waals surface area contributed by atoms with E-state index < -0.39 is 0 Å². The molecule has 0 bridgehead atoms. The molecule has 3 heterocycles. The van der Waals surface area contributed by atoms with Crippen LogP contribution in [0.5, 0.6) is 0 Å². The number of aryl methyl sites for hydroxylation is 1. The second-order valence-electron chi connectivity index (χ2n) is 10.7. The van der Waals surface area contributed by atoms with E-state index in [-0.39, 0.29) is 5.91 Å². The van der Waals surface area contributed by atoms with Crippen LogP contribution < -0.4 is 10.6 Å². The van der Waals surface area contributed by atoms with Gasteiger partial charge in [0.1, 0.15) is 0 Å². The quantitative estimate of drug-likeness (QED) is 0.259. The third-order valence-electron chi connectivity index (χ3n) is 7.69. The molecule has 1 aliphatic rings. The monoisotopic (exact) mass is 530 g/mol. The number of nitrogens with zero attached hydrogens (tertiary/aromatic N) is 4. The van der Waals surface area contributed by atoms with Crippen LogP contribution in [0.3, 0.4) is 0 Å². The van der Waals surface area contributed by atoms with Gasteiger partial charge in [-0.3, -0.25) is 9.78 Å².